The van der Waals surface area contributed by atoms with Crippen LogP contribution < -0.4 is 21.1 Å². The Labute approximate surface area is 134 Å². The topological polar surface area (TPSA) is 93.4 Å². The Balaban J connectivity index is 2.05. The molecule has 0 aromatic heterocycles. The molecule has 0 aliphatic rings. The largest absolute Gasteiger partial charge is 0.495 e. The average molecular weight is 313 g/mol. The van der Waals surface area contributed by atoms with Crippen molar-refractivity contribution in [2.24, 2.45) is 5.73 Å². The van der Waals surface area contributed by atoms with Crippen molar-refractivity contribution in [1.29, 1.82) is 0 Å². The molecule has 0 heterocycles. The first-order valence-electron chi connectivity index (χ1n) is 7.09. The maximum atomic E-state index is 12.1. The summed E-state index contributed by atoms with van der Waals surface area (Å²) in [5.74, 6) is -0.212. The summed E-state index contributed by atoms with van der Waals surface area (Å²) in [5, 5.41) is 5.69. The second-order valence-electron chi connectivity index (χ2n) is 4.96. The number of nitrogens with one attached hydrogen (secondary N) is 2. The van der Waals surface area contributed by atoms with Gasteiger partial charge in [-0.1, -0.05) is 24.3 Å². The third-order valence-corrected chi connectivity index (χ3v) is 3.34. The van der Waals surface area contributed by atoms with E-state index in [4.69, 9.17) is 10.5 Å². The molecule has 0 fully saturated rings. The maximum absolute atomic E-state index is 12.1. The van der Waals surface area contributed by atoms with Gasteiger partial charge in [-0.2, -0.15) is 0 Å². The minimum absolute atomic E-state index is 0.00177. The van der Waals surface area contributed by atoms with Crippen molar-refractivity contribution in [2.75, 3.05) is 24.3 Å². The van der Waals surface area contributed by atoms with Crippen molar-refractivity contribution in [3.8, 4) is 5.75 Å². The van der Waals surface area contributed by atoms with Crippen LogP contribution in [0.2, 0.25) is 0 Å². The van der Waals surface area contributed by atoms with Crippen LogP contribution in [0.15, 0.2) is 42.5 Å². The van der Waals surface area contributed by atoms with Crippen LogP contribution in [0.5, 0.6) is 5.75 Å². The van der Waals surface area contributed by atoms with Crippen molar-refractivity contribution >= 4 is 23.2 Å². The summed E-state index contributed by atoms with van der Waals surface area (Å²) >= 11 is 0. The fraction of sp³-hybridized carbons (Fsp3) is 0.176. The number of carbonyl (C=O) groups excluding carboxylic acids is 2. The third kappa shape index (κ3) is 4.00. The highest BCUT2D eigenvalue weighted by Crippen LogP contribution is 2.23. The van der Waals surface area contributed by atoms with Crippen LogP contribution in [0.3, 0.4) is 0 Å². The van der Waals surface area contributed by atoms with Crippen LogP contribution in [0.1, 0.15) is 15.9 Å². The monoisotopic (exact) mass is 313 g/mol. The number of primary amides is 1. The van der Waals surface area contributed by atoms with E-state index in [0.29, 0.717) is 22.7 Å². The van der Waals surface area contributed by atoms with Gasteiger partial charge in [0.2, 0.25) is 5.91 Å². The molecular formula is C17H19N3O3. The van der Waals surface area contributed by atoms with Crippen LogP contribution in [0.25, 0.3) is 0 Å². The van der Waals surface area contributed by atoms with Gasteiger partial charge in [0.25, 0.3) is 5.91 Å². The van der Waals surface area contributed by atoms with E-state index in [2.05, 4.69) is 10.6 Å². The molecule has 0 saturated heterocycles. The summed E-state index contributed by atoms with van der Waals surface area (Å²) in [7, 11) is 1.54. The number of hydrogen-bond acceptors (Lipinski definition) is 4. The number of amides is 2. The van der Waals surface area contributed by atoms with Gasteiger partial charge < -0.3 is 21.1 Å². The number of hydrogen-bond donors (Lipinski definition) is 3. The molecule has 0 radical (unpaired) electrons. The molecule has 0 atom stereocenters. The van der Waals surface area contributed by atoms with Gasteiger partial charge in [-0.05, 0) is 30.7 Å². The van der Waals surface area contributed by atoms with Gasteiger partial charge in [-0.25, -0.2) is 0 Å². The first-order chi connectivity index (χ1) is 11.0. The van der Waals surface area contributed by atoms with Gasteiger partial charge in [-0.15, -0.1) is 0 Å². The molecule has 23 heavy (non-hydrogen) atoms. The summed E-state index contributed by atoms with van der Waals surface area (Å²) in [6.07, 6.45) is 0. The molecule has 0 unspecified atom stereocenters. The zero-order valence-corrected chi connectivity index (χ0v) is 13.1. The van der Waals surface area contributed by atoms with E-state index >= 15 is 0 Å². The second kappa shape index (κ2) is 7.31. The van der Waals surface area contributed by atoms with Crippen LogP contribution in [-0.2, 0) is 4.79 Å². The Bertz CT molecular complexity index is 729. The summed E-state index contributed by atoms with van der Waals surface area (Å²) in [6, 6.07) is 12.4. The number of nitrogens with two attached hydrogens (primary N) is 1. The van der Waals surface area contributed by atoms with Crippen molar-refractivity contribution in [3.05, 3.63) is 53.6 Å². The minimum Gasteiger partial charge on any atom is -0.495 e. The lowest BCUT2D eigenvalue weighted by Crippen LogP contribution is -2.24. The number of carbonyl (C=O) groups is 2. The van der Waals surface area contributed by atoms with Gasteiger partial charge in [0.1, 0.15) is 5.75 Å². The van der Waals surface area contributed by atoms with Gasteiger partial charge in [0, 0.05) is 5.69 Å². The highest BCUT2D eigenvalue weighted by atomic mass is 16.5. The average Bonchev–Trinajstić information content (AvgIpc) is 2.53. The van der Waals surface area contributed by atoms with E-state index in [-0.39, 0.29) is 12.5 Å². The Morgan fingerprint density at radius 3 is 2.48 bits per heavy atom. The molecule has 2 rings (SSSR count). The third-order valence-electron chi connectivity index (χ3n) is 3.34. The number of ether oxygens (including phenoxy) is 1. The number of methoxy groups -OCH3 is 1. The summed E-state index contributed by atoms with van der Waals surface area (Å²) < 4.78 is 5.18. The zero-order valence-electron chi connectivity index (χ0n) is 13.1. The first kappa shape index (κ1) is 16.4. The normalized spacial score (nSPS) is 10.0. The summed E-state index contributed by atoms with van der Waals surface area (Å²) in [6.45, 7) is 1.79. The van der Waals surface area contributed by atoms with E-state index in [1.807, 2.05) is 6.07 Å². The lowest BCUT2D eigenvalue weighted by molar-refractivity contribution is -0.114. The Hall–Kier alpha value is -3.02. The first-order valence-corrected chi connectivity index (χ1v) is 7.09. The van der Waals surface area contributed by atoms with Crippen molar-refractivity contribution in [3.63, 3.8) is 0 Å². The lowest BCUT2D eigenvalue weighted by Gasteiger charge is -2.13. The molecule has 0 spiro atoms. The number of para-hydroxylation sites is 2. The quantitative estimate of drug-likeness (QED) is 0.762. The van der Waals surface area contributed by atoms with Crippen LogP contribution in [0, 0.1) is 6.92 Å². The predicted molar refractivity (Wildman–Crippen MR) is 89.8 cm³/mol. The molecule has 2 aromatic carbocycles. The van der Waals surface area contributed by atoms with Crippen molar-refractivity contribution < 1.29 is 14.3 Å². The fourth-order valence-electron chi connectivity index (χ4n) is 2.26. The van der Waals surface area contributed by atoms with E-state index in [1.54, 1.807) is 43.3 Å². The SMILES string of the molecule is COc1ccccc1NC(=O)CNc1cccc(C)c1C(N)=O. The van der Waals surface area contributed by atoms with Crippen LogP contribution in [0.4, 0.5) is 11.4 Å². The Kier molecular flexibility index (Phi) is 5.19. The molecule has 120 valence electrons. The standard InChI is InChI=1S/C17H19N3O3/c1-11-6-5-8-13(16(11)17(18)22)19-10-15(21)20-12-7-3-4-9-14(12)23-2/h3-9,19H,10H2,1-2H3,(H2,18,22)(H,20,21). The maximum Gasteiger partial charge on any atom is 0.251 e. The molecule has 0 aliphatic heterocycles. The highest BCUT2D eigenvalue weighted by molar-refractivity contribution is 6.01. The van der Waals surface area contributed by atoms with Crippen LogP contribution in [-0.4, -0.2) is 25.5 Å². The summed E-state index contributed by atoms with van der Waals surface area (Å²) in [5.41, 5.74) is 7.65. The predicted octanol–water partition coefficient (Wildman–Crippen LogP) is 2.15. The number of anilines is 2. The molecule has 2 aromatic rings. The van der Waals surface area contributed by atoms with Gasteiger partial charge >= 0.3 is 0 Å². The summed E-state index contributed by atoms with van der Waals surface area (Å²) in [4.78, 5) is 23.6. The van der Waals surface area contributed by atoms with Crippen LogP contribution >= 0.6 is 0 Å². The molecule has 6 nitrogen and oxygen atoms in total. The van der Waals surface area contributed by atoms with E-state index in [9.17, 15) is 9.59 Å². The lowest BCUT2D eigenvalue weighted by atomic mass is 10.1. The van der Waals surface area contributed by atoms with E-state index < -0.39 is 5.91 Å². The Morgan fingerprint density at radius 1 is 1.09 bits per heavy atom. The van der Waals surface area contributed by atoms with Gasteiger partial charge in [-0.3, -0.25) is 9.59 Å². The smallest absolute Gasteiger partial charge is 0.251 e. The minimum atomic E-state index is -0.532. The van der Waals surface area contributed by atoms with E-state index in [1.165, 1.54) is 7.11 Å². The zero-order chi connectivity index (χ0) is 16.8. The molecule has 0 bridgehead atoms. The van der Waals surface area contributed by atoms with Gasteiger partial charge in [0.15, 0.2) is 0 Å². The fourth-order valence-corrected chi connectivity index (χ4v) is 2.26. The molecule has 4 N–H and O–H groups in total. The van der Waals surface area contributed by atoms with Crippen molar-refractivity contribution in [1.82, 2.24) is 0 Å². The Morgan fingerprint density at radius 2 is 1.78 bits per heavy atom. The molecule has 2 amide bonds. The van der Waals surface area contributed by atoms with Crippen molar-refractivity contribution in [2.45, 2.75) is 6.92 Å². The molecular weight excluding hydrogens is 294 g/mol. The number of rotatable bonds is 6. The number of benzene rings is 2. The van der Waals surface area contributed by atoms with Gasteiger partial charge in [0.05, 0.1) is 24.9 Å². The highest BCUT2D eigenvalue weighted by Gasteiger charge is 2.12. The molecule has 0 aliphatic carbocycles. The molecule has 6 heteroatoms. The number of aryl methyl sites for hydroxylation is 1. The molecule has 0 saturated carbocycles. The van der Waals surface area contributed by atoms with E-state index in [0.717, 1.165) is 5.56 Å². The second-order valence-corrected chi connectivity index (χ2v) is 4.96.